The van der Waals surface area contributed by atoms with Crippen molar-refractivity contribution in [1.29, 1.82) is 0 Å². The molecule has 1 N–H and O–H groups in total. The minimum absolute atomic E-state index is 0.586. The third-order valence-corrected chi connectivity index (χ3v) is 2.93. The third-order valence-electron chi connectivity index (χ3n) is 2.93. The summed E-state index contributed by atoms with van der Waals surface area (Å²) >= 11 is 0. The van der Waals surface area contributed by atoms with E-state index in [4.69, 9.17) is 5.11 Å². The maximum absolute atomic E-state index is 10.9. The molecule has 0 saturated heterocycles. The Morgan fingerprint density at radius 3 is 2.31 bits per heavy atom. The van der Waals surface area contributed by atoms with E-state index >= 15 is 0 Å². The Morgan fingerprint density at radius 2 is 1.94 bits per heavy atom. The van der Waals surface area contributed by atoms with Crippen molar-refractivity contribution in [3.05, 3.63) is 0 Å². The van der Waals surface area contributed by atoms with Crippen molar-refractivity contribution in [2.24, 2.45) is 11.3 Å². The van der Waals surface area contributed by atoms with Crippen molar-refractivity contribution in [1.82, 2.24) is 4.90 Å². The van der Waals surface area contributed by atoms with Gasteiger partial charge in [-0.15, -0.1) is 0 Å². The molecule has 0 radical (unpaired) electrons. The normalized spacial score (nSPS) is 12.4. The summed E-state index contributed by atoms with van der Waals surface area (Å²) in [7, 11) is 0. The quantitative estimate of drug-likeness (QED) is 0.695. The lowest BCUT2D eigenvalue weighted by Gasteiger charge is -2.25. The molecule has 0 aromatic heterocycles. The van der Waals surface area contributed by atoms with Crippen LogP contribution in [0.25, 0.3) is 0 Å². The van der Waals surface area contributed by atoms with Gasteiger partial charge in [-0.1, -0.05) is 20.8 Å². The van der Waals surface area contributed by atoms with Crippen LogP contribution in [-0.4, -0.2) is 35.6 Å². The highest BCUT2D eigenvalue weighted by Gasteiger charge is 2.26. The fraction of sp³-hybridized carbons (Fsp3) is 0.923. The van der Waals surface area contributed by atoms with E-state index in [0.29, 0.717) is 5.92 Å². The zero-order valence-electron chi connectivity index (χ0n) is 11.4. The third kappa shape index (κ3) is 6.11. The highest BCUT2D eigenvalue weighted by Crippen LogP contribution is 2.22. The molecule has 3 nitrogen and oxygen atoms in total. The van der Waals surface area contributed by atoms with Crippen LogP contribution in [0.5, 0.6) is 0 Å². The van der Waals surface area contributed by atoms with Crippen LogP contribution < -0.4 is 0 Å². The summed E-state index contributed by atoms with van der Waals surface area (Å²) < 4.78 is 0. The van der Waals surface area contributed by atoms with E-state index in [1.54, 1.807) is 13.8 Å². The molecule has 0 aromatic carbocycles. The standard InChI is InChI=1S/C13H27NO2/c1-6-14(10-11(2)3)9-7-8-13(4,5)12(15)16/h11H,6-10H2,1-5H3,(H,15,16). The fourth-order valence-electron chi connectivity index (χ4n) is 1.75. The summed E-state index contributed by atoms with van der Waals surface area (Å²) in [6.45, 7) is 13.3. The second-order valence-corrected chi connectivity index (χ2v) is 5.58. The summed E-state index contributed by atoms with van der Waals surface area (Å²) in [6, 6.07) is 0. The maximum Gasteiger partial charge on any atom is 0.309 e. The molecule has 0 aliphatic carbocycles. The van der Waals surface area contributed by atoms with Gasteiger partial charge >= 0.3 is 5.97 Å². The predicted molar refractivity (Wildman–Crippen MR) is 67.6 cm³/mol. The van der Waals surface area contributed by atoms with Crippen LogP contribution in [0, 0.1) is 11.3 Å². The summed E-state index contributed by atoms with van der Waals surface area (Å²) in [4.78, 5) is 13.3. The first-order chi connectivity index (χ1) is 7.29. The van der Waals surface area contributed by atoms with Gasteiger partial charge in [-0.3, -0.25) is 4.79 Å². The molecule has 0 aliphatic heterocycles. The van der Waals surface area contributed by atoms with E-state index in [-0.39, 0.29) is 0 Å². The topological polar surface area (TPSA) is 40.5 Å². The van der Waals surface area contributed by atoms with Crippen LogP contribution >= 0.6 is 0 Å². The number of carboxylic acid groups (broad SMARTS) is 1. The lowest BCUT2D eigenvalue weighted by atomic mass is 9.88. The van der Waals surface area contributed by atoms with Crippen LogP contribution in [0.1, 0.15) is 47.5 Å². The Morgan fingerprint density at radius 1 is 1.38 bits per heavy atom. The molecule has 0 amide bonds. The summed E-state index contributed by atoms with van der Waals surface area (Å²) in [5.41, 5.74) is -0.586. The monoisotopic (exact) mass is 229 g/mol. The van der Waals surface area contributed by atoms with Crippen molar-refractivity contribution in [2.45, 2.75) is 47.5 Å². The minimum Gasteiger partial charge on any atom is -0.481 e. The smallest absolute Gasteiger partial charge is 0.309 e. The van der Waals surface area contributed by atoms with E-state index < -0.39 is 11.4 Å². The fourth-order valence-corrected chi connectivity index (χ4v) is 1.75. The van der Waals surface area contributed by atoms with Crippen LogP contribution in [0.2, 0.25) is 0 Å². The average Bonchev–Trinajstić information content (AvgIpc) is 2.15. The van der Waals surface area contributed by atoms with Gasteiger partial charge in [0.2, 0.25) is 0 Å². The van der Waals surface area contributed by atoms with E-state index in [1.807, 2.05) is 0 Å². The van der Waals surface area contributed by atoms with Gasteiger partial charge in [0.15, 0.2) is 0 Å². The van der Waals surface area contributed by atoms with E-state index in [1.165, 1.54) is 0 Å². The Labute approximate surface area is 99.8 Å². The van der Waals surface area contributed by atoms with Crippen molar-refractivity contribution in [3.8, 4) is 0 Å². The Hall–Kier alpha value is -0.570. The van der Waals surface area contributed by atoms with Gasteiger partial charge in [-0.25, -0.2) is 0 Å². The Balaban J connectivity index is 3.91. The number of carboxylic acids is 1. The largest absolute Gasteiger partial charge is 0.481 e. The highest BCUT2D eigenvalue weighted by molar-refractivity contribution is 5.73. The molecule has 0 heterocycles. The minimum atomic E-state index is -0.695. The molecule has 0 aromatic rings. The summed E-state index contributed by atoms with van der Waals surface area (Å²) in [5.74, 6) is -0.0214. The van der Waals surface area contributed by atoms with Crippen LogP contribution in [0.3, 0.4) is 0 Å². The van der Waals surface area contributed by atoms with Gasteiger partial charge in [0.25, 0.3) is 0 Å². The summed E-state index contributed by atoms with van der Waals surface area (Å²) in [6.07, 6.45) is 1.71. The number of aliphatic carboxylic acids is 1. The molecule has 16 heavy (non-hydrogen) atoms. The highest BCUT2D eigenvalue weighted by atomic mass is 16.4. The molecule has 0 saturated carbocycles. The van der Waals surface area contributed by atoms with Crippen molar-refractivity contribution < 1.29 is 9.90 Å². The Bertz CT molecular complexity index is 212. The Kier molecular flexibility index (Phi) is 6.65. The van der Waals surface area contributed by atoms with Gasteiger partial charge in [0.05, 0.1) is 5.41 Å². The van der Waals surface area contributed by atoms with Gasteiger partial charge < -0.3 is 10.0 Å². The molecule has 0 fully saturated rings. The van der Waals surface area contributed by atoms with E-state index in [9.17, 15) is 4.79 Å². The van der Waals surface area contributed by atoms with Gasteiger partial charge in [-0.2, -0.15) is 0 Å². The second kappa shape index (κ2) is 6.89. The second-order valence-electron chi connectivity index (χ2n) is 5.58. The first-order valence-electron chi connectivity index (χ1n) is 6.25. The molecule has 0 atom stereocenters. The predicted octanol–water partition coefficient (Wildman–Crippen LogP) is 2.86. The molecule has 0 spiro atoms. The molecule has 0 aliphatic rings. The molecule has 3 heteroatoms. The molecule has 96 valence electrons. The summed E-state index contributed by atoms with van der Waals surface area (Å²) in [5, 5.41) is 9.00. The van der Waals surface area contributed by atoms with Gasteiger partial charge in [0.1, 0.15) is 0 Å². The zero-order valence-corrected chi connectivity index (χ0v) is 11.4. The lowest BCUT2D eigenvalue weighted by Crippen LogP contribution is -2.30. The van der Waals surface area contributed by atoms with Crippen LogP contribution in [0.4, 0.5) is 0 Å². The molecule has 0 rings (SSSR count). The van der Waals surface area contributed by atoms with Crippen LogP contribution in [-0.2, 0) is 4.79 Å². The zero-order chi connectivity index (χ0) is 12.8. The number of carbonyl (C=O) groups is 1. The van der Waals surface area contributed by atoms with Crippen molar-refractivity contribution in [3.63, 3.8) is 0 Å². The van der Waals surface area contributed by atoms with Crippen molar-refractivity contribution >= 4 is 5.97 Å². The number of rotatable bonds is 8. The first kappa shape index (κ1) is 15.4. The number of nitrogens with zero attached hydrogens (tertiary/aromatic N) is 1. The SMILES string of the molecule is CCN(CCCC(C)(C)C(=O)O)CC(C)C. The van der Waals surface area contributed by atoms with E-state index in [2.05, 4.69) is 25.7 Å². The number of hydrogen-bond acceptors (Lipinski definition) is 2. The molecule has 0 bridgehead atoms. The average molecular weight is 229 g/mol. The van der Waals surface area contributed by atoms with Crippen molar-refractivity contribution in [2.75, 3.05) is 19.6 Å². The van der Waals surface area contributed by atoms with Gasteiger partial charge in [0, 0.05) is 6.54 Å². The van der Waals surface area contributed by atoms with E-state index in [0.717, 1.165) is 32.5 Å². The molecule has 0 unspecified atom stereocenters. The van der Waals surface area contributed by atoms with Gasteiger partial charge in [-0.05, 0) is 45.7 Å². The molecular weight excluding hydrogens is 202 g/mol. The number of hydrogen-bond donors (Lipinski definition) is 1. The lowest BCUT2D eigenvalue weighted by molar-refractivity contribution is -0.147. The maximum atomic E-state index is 10.9. The first-order valence-corrected chi connectivity index (χ1v) is 6.25. The van der Waals surface area contributed by atoms with Crippen LogP contribution in [0.15, 0.2) is 0 Å². The molecular formula is C13H27NO2.